The number of benzene rings is 1. The minimum absolute atomic E-state index is 0.503. The van der Waals surface area contributed by atoms with E-state index in [0.717, 1.165) is 40.8 Å². The van der Waals surface area contributed by atoms with Gasteiger partial charge in [0.1, 0.15) is 11.6 Å². The molecular formula is C20H23N5. The zero-order valence-corrected chi connectivity index (χ0v) is 14.5. The number of hydrogen-bond donors (Lipinski definition) is 2. The van der Waals surface area contributed by atoms with E-state index in [2.05, 4.69) is 28.9 Å². The summed E-state index contributed by atoms with van der Waals surface area (Å²) in [7, 11) is 0. The topological polar surface area (TPSA) is 81.1 Å². The van der Waals surface area contributed by atoms with Gasteiger partial charge in [-0.1, -0.05) is 0 Å². The monoisotopic (exact) mass is 333 g/mol. The second kappa shape index (κ2) is 6.24. The summed E-state index contributed by atoms with van der Waals surface area (Å²) in [4.78, 5) is 11.3. The summed E-state index contributed by atoms with van der Waals surface area (Å²) < 4.78 is 0. The predicted octanol–water partition coefficient (Wildman–Crippen LogP) is 3.76. The second-order valence-corrected chi connectivity index (χ2v) is 6.77. The molecule has 0 saturated carbocycles. The lowest BCUT2D eigenvalue weighted by molar-refractivity contribution is 0.574. The highest BCUT2D eigenvalue weighted by atomic mass is 15.2. The van der Waals surface area contributed by atoms with Crippen LogP contribution in [0.2, 0.25) is 0 Å². The van der Waals surface area contributed by atoms with Crippen LogP contribution >= 0.6 is 0 Å². The lowest BCUT2D eigenvalue weighted by Crippen LogP contribution is -2.30. The summed E-state index contributed by atoms with van der Waals surface area (Å²) in [6.45, 7) is 4.25. The van der Waals surface area contributed by atoms with Gasteiger partial charge in [0.05, 0.1) is 0 Å². The Morgan fingerprint density at radius 2 is 1.80 bits per heavy atom. The van der Waals surface area contributed by atoms with Gasteiger partial charge >= 0.3 is 0 Å². The van der Waals surface area contributed by atoms with Gasteiger partial charge < -0.3 is 16.4 Å². The first-order valence-corrected chi connectivity index (χ1v) is 8.79. The van der Waals surface area contributed by atoms with Crippen LogP contribution in [-0.4, -0.2) is 23.1 Å². The fraction of sp³-hybridized carbons (Fsp3) is 0.300. The molecule has 0 aliphatic carbocycles. The molecule has 5 heteroatoms. The molecule has 0 radical (unpaired) electrons. The lowest BCUT2D eigenvalue weighted by atomic mass is 9.97. The van der Waals surface area contributed by atoms with E-state index in [1.54, 1.807) is 6.20 Å². The van der Waals surface area contributed by atoms with Gasteiger partial charge in [0.25, 0.3) is 0 Å². The Morgan fingerprint density at radius 1 is 1.00 bits per heavy atom. The fourth-order valence-electron chi connectivity index (χ4n) is 3.69. The Balaban J connectivity index is 1.90. The summed E-state index contributed by atoms with van der Waals surface area (Å²) in [6.07, 6.45) is 7.38. The molecule has 1 saturated heterocycles. The van der Waals surface area contributed by atoms with Crippen molar-refractivity contribution < 1.29 is 0 Å². The SMILES string of the molecule is Cc1ccnc(N2CCCCC2)c1-c1cc(N)c2cnc(N)cc2c1. The molecular weight excluding hydrogens is 310 g/mol. The van der Waals surface area contributed by atoms with Crippen molar-refractivity contribution in [2.75, 3.05) is 29.5 Å². The van der Waals surface area contributed by atoms with Crippen molar-refractivity contribution in [3.8, 4) is 11.1 Å². The van der Waals surface area contributed by atoms with E-state index in [1.165, 1.54) is 24.8 Å². The summed E-state index contributed by atoms with van der Waals surface area (Å²) in [6, 6.07) is 8.10. The van der Waals surface area contributed by atoms with Crippen molar-refractivity contribution in [2.24, 2.45) is 0 Å². The molecule has 3 aromatic rings. The first-order valence-electron chi connectivity index (χ1n) is 8.79. The standard InChI is InChI=1S/C20H23N5/c1-13-5-6-23-20(25-7-3-2-4-8-25)19(13)15-9-14-11-18(22)24-12-16(14)17(21)10-15/h5-6,9-12H,2-4,7-8,21H2,1H3,(H2,22,24). The molecule has 3 heterocycles. The van der Waals surface area contributed by atoms with Crippen LogP contribution in [-0.2, 0) is 0 Å². The molecule has 25 heavy (non-hydrogen) atoms. The number of fused-ring (bicyclic) bond motifs is 1. The number of anilines is 3. The number of pyridine rings is 2. The highest BCUT2D eigenvalue weighted by Gasteiger charge is 2.19. The Kier molecular flexibility index (Phi) is 3.92. The minimum atomic E-state index is 0.503. The number of hydrogen-bond acceptors (Lipinski definition) is 5. The Hall–Kier alpha value is -2.82. The zero-order chi connectivity index (χ0) is 17.4. The van der Waals surface area contributed by atoms with Crippen LogP contribution in [0.4, 0.5) is 17.3 Å². The van der Waals surface area contributed by atoms with Gasteiger partial charge in [-0.3, -0.25) is 0 Å². The number of rotatable bonds is 2. The third kappa shape index (κ3) is 2.86. The molecule has 0 amide bonds. The number of nitrogens with zero attached hydrogens (tertiary/aromatic N) is 3. The second-order valence-electron chi connectivity index (χ2n) is 6.77. The van der Waals surface area contributed by atoms with Crippen LogP contribution in [0, 0.1) is 6.92 Å². The largest absolute Gasteiger partial charge is 0.398 e. The molecule has 4 rings (SSSR count). The Labute approximate surface area is 147 Å². The summed E-state index contributed by atoms with van der Waals surface area (Å²) in [5.41, 5.74) is 16.3. The zero-order valence-electron chi connectivity index (χ0n) is 14.5. The molecule has 1 aliphatic rings. The molecule has 5 nitrogen and oxygen atoms in total. The Bertz CT molecular complexity index is 929. The first-order chi connectivity index (χ1) is 12.1. The van der Waals surface area contributed by atoms with E-state index in [9.17, 15) is 0 Å². The smallest absolute Gasteiger partial charge is 0.136 e. The highest BCUT2D eigenvalue weighted by molar-refractivity contribution is 5.98. The molecule has 2 aromatic heterocycles. The van der Waals surface area contributed by atoms with E-state index < -0.39 is 0 Å². The van der Waals surface area contributed by atoms with Crippen LogP contribution < -0.4 is 16.4 Å². The van der Waals surface area contributed by atoms with Gasteiger partial charge in [0, 0.05) is 42.1 Å². The third-order valence-electron chi connectivity index (χ3n) is 4.97. The third-order valence-corrected chi connectivity index (χ3v) is 4.97. The van der Waals surface area contributed by atoms with Crippen LogP contribution in [0.5, 0.6) is 0 Å². The van der Waals surface area contributed by atoms with Crippen molar-refractivity contribution in [3.05, 3.63) is 42.2 Å². The van der Waals surface area contributed by atoms with E-state index in [0.29, 0.717) is 11.5 Å². The van der Waals surface area contributed by atoms with E-state index >= 15 is 0 Å². The van der Waals surface area contributed by atoms with Gasteiger partial charge in [0.15, 0.2) is 0 Å². The number of nitrogen functional groups attached to an aromatic ring is 2. The maximum atomic E-state index is 6.31. The lowest BCUT2D eigenvalue weighted by Gasteiger charge is -2.30. The number of aryl methyl sites for hydroxylation is 1. The van der Waals surface area contributed by atoms with Crippen LogP contribution in [0.3, 0.4) is 0 Å². The van der Waals surface area contributed by atoms with Gasteiger partial charge in [-0.25, -0.2) is 9.97 Å². The molecule has 4 N–H and O–H groups in total. The number of piperidine rings is 1. The summed E-state index contributed by atoms with van der Waals surface area (Å²) in [5.74, 6) is 1.56. The predicted molar refractivity (Wildman–Crippen MR) is 105 cm³/mol. The summed E-state index contributed by atoms with van der Waals surface area (Å²) >= 11 is 0. The Morgan fingerprint density at radius 3 is 2.60 bits per heavy atom. The molecule has 1 fully saturated rings. The highest BCUT2D eigenvalue weighted by Crippen LogP contribution is 2.37. The first kappa shape index (κ1) is 15.7. The van der Waals surface area contributed by atoms with E-state index in [-0.39, 0.29) is 0 Å². The maximum Gasteiger partial charge on any atom is 0.136 e. The van der Waals surface area contributed by atoms with Gasteiger partial charge in [-0.2, -0.15) is 0 Å². The minimum Gasteiger partial charge on any atom is -0.398 e. The molecule has 128 valence electrons. The van der Waals surface area contributed by atoms with Crippen molar-refractivity contribution >= 4 is 28.1 Å². The van der Waals surface area contributed by atoms with E-state index in [4.69, 9.17) is 16.5 Å². The van der Waals surface area contributed by atoms with Crippen molar-refractivity contribution in [1.82, 2.24) is 9.97 Å². The maximum absolute atomic E-state index is 6.31. The van der Waals surface area contributed by atoms with Gasteiger partial charge in [0.2, 0.25) is 0 Å². The van der Waals surface area contributed by atoms with E-state index in [1.807, 2.05) is 18.3 Å². The number of nitrogens with two attached hydrogens (primary N) is 2. The van der Waals surface area contributed by atoms with Crippen molar-refractivity contribution in [1.29, 1.82) is 0 Å². The molecule has 0 atom stereocenters. The molecule has 1 aliphatic heterocycles. The van der Waals surface area contributed by atoms with Gasteiger partial charge in [-0.05, 0) is 67.0 Å². The average Bonchev–Trinajstić information content (AvgIpc) is 2.61. The molecule has 0 spiro atoms. The normalized spacial score (nSPS) is 14.8. The molecule has 1 aromatic carbocycles. The molecule has 0 bridgehead atoms. The van der Waals surface area contributed by atoms with Crippen LogP contribution in [0.15, 0.2) is 36.7 Å². The summed E-state index contributed by atoms with van der Waals surface area (Å²) in [5, 5.41) is 1.94. The van der Waals surface area contributed by atoms with Gasteiger partial charge in [-0.15, -0.1) is 0 Å². The number of aromatic nitrogens is 2. The fourth-order valence-corrected chi connectivity index (χ4v) is 3.69. The molecule has 0 unspecified atom stereocenters. The van der Waals surface area contributed by atoms with Crippen LogP contribution in [0.25, 0.3) is 21.9 Å². The van der Waals surface area contributed by atoms with Crippen molar-refractivity contribution in [2.45, 2.75) is 26.2 Å². The average molecular weight is 333 g/mol. The quantitative estimate of drug-likeness (QED) is 0.698. The van der Waals surface area contributed by atoms with Crippen molar-refractivity contribution in [3.63, 3.8) is 0 Å². The van der Waals surface area contributed by atoms with Crippen LogP contribution in [0.1, 0.15) is 24.8 Å².